The van der Waals surface area contributed by atoms with Crippen LogP contribution >= 0.6 is 0 Å². The van der Waals surface area contributed by atoms with Gasteiger partial charge in [-0.3, -0.25) is 4.79 Å². The molecule has 0 radical (unpaired) electrons. The van der Waals surface area contributed by atoms with Gasteiger partial charge in [0.15, 0.2) is 0 Å². The molecule has 4 saturated carbocycles. The van der Waals surface area contributed by atoms with Crippen molar-refractivity contribution in [2.75, 3.05) is 0 Å². The lowest BCUT2D eigenvalue weighted by Gasteiger charge is -2.64. The number of carbonyl (C=O) groups is 1. The molecule has 136 valence electrons. The number of carboxylic acids is 1. The van der Waals surface area contributed by atoms with Crippen LogP contribution in [-0.4, -0.2) is 33.0 Å². The third kappa shape index (κ3) is 1.90. The van der Waals surface area contributed by atoms with Gasteiger partial charge < -0.3 is 15.3 Å². The predicted octanol–water partition coefficient (Wildman–Crippen LogP) is 3.21. The first-order valence-corrected chi connectivity index (χ1v) is 9.69. The average molecular weight is 336 g/mol. The Balaban J connectivity index is 1.78. The third-order valence-corrected chi connectivity index (χ3v) is 8.92. The van der Waals surface area contributed by atoms with Gasteiger partial charge in [-0.05, 0) is 87.4 Å². The van der Waals surface area contributed by atoms with Crippen LogP contribution in [0.2, 0.25) is 0 Å². The first kappa shape index (κ1) is 16.8. The van der Waals surface area contributed by atoms with Gasteiger partial charge in [0.05, 0.1) is 17.1 Å². The predicted molar refractivity (Wildman–Crippen MR) is 90.3 cm³/mol. The smallest absolute Gasteiger partial charge is 0.309 e. The summed E-state index contributed by atoms with van der Waals surface area (Å²) in [6.07, 6.45) is 6.62. The normalized spacial score (nSPS) is 59.5. The van der Waals surface area contributed by atoms with Crippen molar-refractivity contribution >= 4 is 5.97 Å². The van der Waals surface area contributed by atoms with Crippen LogP contribution in [0.5, 0.6) is 0 Å². The highest BCUT2D eigenvalue weighted by Gasteiger charge is 2.69. The number of hydrogen-bond donors (Lipinski definition) is 3. The van der Waals surface area contributed by atoms with Gasteiger partial charge in [-0.1, -0.05) is 13.3 Å². The second-order valence-electron chi connectivity index (χ2n) is 10.3. The largest absolute Gasteiger partial charge is 0.481 e. The van der Waals surface area contributed by atoms with Gasteiger partial charge in [0.2, 0.25) is 0 Å². The van der Waals surface area contributed by atoms with Gasteiger partial charge in [-0.25, -0.2) is 0 Å². The van der Waals surface area contributed by atoms with Crippen LogP contribution in [0.3, 0.4) is 0 Å². The fourth-order valence-electron chi connectivity index (χ4n) is 8.16. The molecule has 24 heavy (non-hydrogen) atoms. The molecule has 4 heteroatoms. The summed E-state index contributed by atoms with van der Waals surface area (Å²) in [5.74, 6) is -0.217. The highest BCUT2D eigenvalue weighted by Crippen LogP contribution is 2.72. The first-order valence-electron chi connectivity index (χ1n) is 9.69. The molecule has 0 amide bonds. The van der Waals surface area contributed by atoms with Crippen LogP contribution in [0.15, 0.2) is 0 Å². The Morgan fingerprint density at radius 3 is 2.50 bits per heavy atom. The van der Waals surface area contributed by atoms with E-state index in [1.165, 1.54) is 0 Å². The summed E-state index contributed by atoms with van der Waals surface area (Å²) in [6, 6.07) is 0. The summed E-state index contributed by atoms with van der Waals surface area (Å²) < 4.78 is 0. The van der Waals surface area contributed by atoms with E-state index in [1.807, 2.05) is 13.8 Å². The highest BCUT2D eigenvalue weighted by atomic mass is 16.4. The molecular weight excluding hydrogens is 304 g/mol. The average Bonchev–Trinajstić information content (AvgIpc) is 2.63. The van der Waals surface area contributed by atoms with E-state index in [2.05, 4.69) is 6.92 Å². The molecule has 8 atom stereocenters. The van der Waals surface area contributed by atoms with Gasteiger partial charge in [-0.15, -0.1) is 0 Å². The molecule has 4 rings (SSSR count). The summed E-state index contributed by atoms with van der Waals surface area (Å²) in [5.41, 5.74) is -1.47. The van der Waals surface area contributed by atoms with E-state index in [0.29, 0.717) is 6.42 Å². The maximum Gasteiger partial charge on any atom is 0.309 e. The van der Waals surface area contributed by atoms with E-state index in [4.69, 9.17) is 0 Å². The van der Waals surface area contributed by atoms with Crippen LogP contribution in [0.1, 0.15) is 72.1 Å². The topological polar surface area (TPSA) is 77.8 Å². The van der Waals surface area contributed by atoms with Crippen LogP contribution < -0.4 is 0 Å². The molecular formula is C20H32O4. The van der Waals surface area contributed by atoms with Crippen molar-refractivity contribution in [1.82, 2.24) is 0 Å². The molecule has 0 saturated heterocycles. The number of fused-ring (bicyclic) bond motifs is 3. The van der Waals surface area contributed by atoms with Gasteiger partial charge in [0.1, 0.15) is 0 Å². The molecule has 0 aromatic rings. The molecule has 0 aliphatic heterocycles. The van der Waals surface area contributed by atoms with E-state index in [9.17, 15) is 20.1 Å². The van der Waals surface area contributed by atoms with Crippen molar-refractivity contribution in [3.8, 4) is 0 Å². The van der Waals surface area contributed by atoms with Crippen LogP contribution in [0.25, 0.3) is 0 Å². The Labute approximate surface area is 144 Å². The quantitative estimate of drug-likeness (QED) is 0.687. The van der Waals surface area contributed by atoms with Crippen LogP contribution in [0, 0.1) is 34.0 Å². The second kappa shape index (κ2) is 4.76. The lowest BCUT2D eigenvalue weighted by atomic mass is 9.40. The maximum atomic E-state index is 12.1. The fourth-order valence-corrected chi connectivity index (χ4v) is 8.16. The molecule has 2 bridgehead atoms. The minimum atomic E-state index is -0.677. The Hall–Kier alpha value is -0.610. The number of carboxylic acid groups (broad SMARTS) is 1. The van der Waals surface area contributed by atoms with Crippen molar-refractivity contribution in [3.05, 3.63) is 0 Å². The van der Waals surface area contributed by atoms with E-state index >= 15 is 0 Å². The zero-order chi connectivity index (χ0) is 17.5. The Morgan fingerprint density at radius 2 is 1.83 bits per heavy atom. The van der Waals surface area contributed by atoms with E-state index in [0.717, 1.165) is 44.9 Å². The summed E-state index contributed by atoms with van der Waals surface area (Å²) >= 11 is 0. The van der Waals surface area contributed by atoms with E-state index in [1.54, 1.807) is 0 Å². The minimum Gasteiger partial charge on any atom is -0.481 e. The van der Waals surface area contributed by atoms with Gasteiger partial charge in [0, 0.05) is 0 Å². The number of aliphatic carboxylic acids is 1. The molecule has 0 heterocycles. The number of aliphatic hydroxyl groups excluding tert-OH is 1. The van der Waals surface area contributed by atoms with Crippen molar-refractivity contribution in [3.63, 3.8) is 0 Å². The second-order valence-corrected chi connectivity index (χ2v) is 10.3. The maximum absolute atomic E-state index is 12.1. The van der Waals surface area contributed by atoms with Crippen LogP contribution in [-0.2, 0) is 4.79 Å². The lowest BCUT2D eigenvalue weighted by molar-refractivity contribution is -0.199. The number of aliphatic hydroxyl groups is 2. The molecule has 4 nitrogen and oxygen atoms in total. The molecule has 4 aliphatic rings. The van der Waals surface area contributed by atoms with Crippen molar-refractivity contribution in [2.24, 2.45) is 34.0 Å². The first-order chi connectivity index (χ1) is 11.1. The Morgan fingerprint density at radius 1 is 1.12 bits per heavy atom. The summed E-state index contributed by atoms with van der Waals surface area (Å²) in [6.45, 7) is 6.12. The molecule has 0 aromatic heterocycles. The molecule has 8 unspecified atom stereocenters. The summed E-state index contributed by atoms with van der Waals surface area (Å²) in [7, 11) is 0. The lowest BCUT2D eigenvalue weighted by Crippen LogP contribution is -2.61. The SMILES string of the molecule is CC1(O)CC23CCC4C(C)(C(=O)O)CCCC4(C)C2C(O)CC1C3. The van der Waals surface area contributed by atoms with Gasteiger partial charge in [-0.2, -0.15) is 0 Å². The third-order valence-electron chi connectivity index (χ3n) is 8.92. The summed E-state index contributed by atoms with van der Waals surface area (Å²) in [5, 5.41) is 31.9. The Kier molecular flexibility index (Phi) is 3.34. The van der Waals surface area contributed by atoms with Crippen molar-refractivity contribution in [2.45, 2.75) is 83.8 Å². The standard InChI is InChI=1S/C20H32O4/c1-17-6-4-7-18(2,16(22)23)14(17)5-8-20-10-12(19(3,24)11-20)9-13(21)15(17)20/h12-15,21,24H,4-11H2,1-3H3,(H,22,23). The molecule has 4 aliphatic carbocycles. The highest BCUT2D eigenvalue weighted by molar-refractivity contribution is 5.75. The van der Waals surface area contributed by atoms with Crippen molar-refractivity contribution < 1.29 is 20.1 Å². The Bertz CT molecular complexity index is 572. The van der Waals surface area contributed by atoms with Crippen molar-refractivity contribution in [1.29, 1.82) is 0 Å². The van der Waals surface area contributed by atoms with E-state index in [-0.39, 0.29) is 28.6 Å². The number of hydrogen-bond acceptors (Lipinski definition) is 3. The van der Waals surface area contributed by atoms with Gasteiger partial charge >= 0.3 is 5.97 Å². The fraction of sp³-hybridized carbons (Fsp3) is 0.950. The molecule has 3 N–H and O–H groups in total. The molecule has 4 fully saturated rings. The van der Waals surface area contributed by atoms with Crippen LogP contribution in [0.4, 0.5) is 0 Å². The zero-order valence-electron chi connectivity index (χ0n) is 15.2. The van der Waals surface area contributed by atoms with Gasteiger partial charge in [0.25, 0.3) is 0 Å². The summed E-state index contributed by atoms with van der Waals surface area (Å²) in [4.78, 5) is 12.1. The minimum absolute atomic E-state index is 0.00777. The molecule has 1 spiro atoms. The molecule has 0 aromatic carbocycles. The number of rotatable bonds is 1. The monoisotopic (exact) mass is 336 g/mol. The van der Waals surface area contributed by atoms with E-state index < -0.39 is 23.1 Å². The zero-order valence-corrected chi connectivity index (χ0v) is 15.2.